The SMILES string of the molecule is N#Cc1cc(Cl)nc(Nc2cc(F)c(Br)cc2F)c1. The highest BCUT2D eigenvalue weighted by Crippen LogP contribution is 2.26. The molecular weight excluding hydrogens is 340 g/mol. The minimum atomic E-state index is -0.659. The zero-order valence-electron chi connectivity index (χ0n) is 9.22. The van der Waals surface area contributed by atoms with Gasteiger partial charge in [-0.25, -0.2) is 13.8 Å². The van der Waals surface area contributed by atoms with E-state index in [9.17, 15) is 8.78 Å². The largest absolute Gasteiger partial charge is 0.338 e. The number of rotatable bonds is 2. The van der Waals surface area contributed by atoms with E-state index < -0.39 is 11.6 Å². The van der Waals surface area contributed by atoms with Crippen molar-refractivity contribution in [2.75, 3.05) is 5.32 Å². The standard InChI is InChI=1S/C12H5BrClF2N3/c13-7-3-9(16)10(4-8(7)15)18-12-2-6(5-17)1-11(14)19-12/h1-4H,(H,18,19). The van der Waals surface area contributed by atoms with Crippen molar-refractivity contribution in [1.29, 1.82) is 5.26 Å². The van der Waals surface area contributed by atoms with Gasteiger partial charge in [0.15, 0.2) is 0 Å². The molecule has 0 saturated heterocycles. The van der Waals surface area contributed by atoms with Crippen LogP contribution < -0.4 is 5.32 Å². The van der Waals surface area contributed by atoms with Crippen LogP contribution in [0.5, 0.6) is 0 Å². The zero-order chi connectivity index (χ0) is 14.0. The van der Waals surface area contributed by atoms with Gasteiger partial charge in [0.2, 0.25) is 0 Å². The Bertz CT molecular complexity index is 685. The maximum absolute atomic E-state index is 13.6. The number of benzene rings is 1. The van der Waals surface area contributed by atoms with Crippen LogP contribution in [0.3, 0.4) is 0 Å². The van der Waals surface area contributed by atoms with E-state index in [1.54, 1.807) is 0 Å². The normalized spacial score (nSPS) is 10.1. The molecule has 0 aliphatic rings. The molecule has 1 aromatic heterocycles. The average Bonchev–Trinajstić information content (AvgIpc) is 2.35. The van der Waals surface area contributed by atoms with Gasteiger partial charge in [0.25, 0.3) is 0 Å². The van der Waals surface area contributed by atoms with Gasteiger partial charge in [-0.15, -0.1) is 0 Å². The van der Waals surface area contributed by atoms with Crippen LogP contribution in [-0.4, -0.2) is 4.98 Å². The van der Waals surface area contributed by atoms with Gasteiger partial charge >= 0.3 is 0 Å². The van der Waals surface area contributed by atoms with Crippen molar-refractivity contribution in [3.8, 4) is 6.07 Å². The molecule has 0 aliphatic carbocycles. The van der Waals surface area contributed by atoms with E-state index >= 15 is 0 Å². The van der Waals surface area contributed by atoms with Crippen molar-refractivity contribution in [2.24, 2.45) is 0 Å². The summed E-state index contributed by atoms with van der Waals surface area (Å²) in [7, 11) is 0. The van der Waals surface area contributed by atoms with Crippen molar-refractivity contribution < 1.29 is 8.78 Å². The summed E-state index contributed by atoms with van der Waals surface area (Å²) in [5.41, 5.74) is 0.167. The third-order valence-electron chi connectivity index (χ3n) is 2.20. The fourth-order valence-electron chi connectivity index (χ4n) is 1.38. The van der Waals surface area contributed by atoms with E-state index in [0.717, 1.165) is 12.1 Å². The number of nitrogens with one attached hydrogen (secondary N) is 1. The number of halogens is 4. The first kappa shape index (κ1) is 13.7. The first-order valence-corrected chi connectivity index (χ1v) is 6.16. The van der Waals surface area contributed by atoms with Crippen LogP contribution in [0.4, 0.5) is 20.3 Å². The van der Waals surface area contributed by atoms with Gasteiger partial charge in [0.1, 0.15) is 22.6 Å². The van der Waals surface area contributed by atoms with Crippen LogP contribution in [-0.2, 0) is 0 Å². The van der Waals surface area contributed by atoms with Gasteiger partial charge in [-0.1, -0.05) is 11.6 Å². The van der Waals surface area contributed by atoms with Crippen LogP contribution in [0.15, 0.2) is 28.7 Å². The predicted molar refractivity (Wildman–Crippen MR) is 71.3 cm³/mol. The van der Waals surface area contributed by atoms with Crippen molar-refractivity contribution in [3.63, 3.8) is 0 Å². The van der Waals surface area contributed by atoms with Crippen molar-refractivity contribution in [1.82, 2.24) is 4.98 Å². The Morgan fingerprint density at radius 2 is 1.95 bits per heavy atom. The van der Waals surface area contributed by atoms with Crippen LogP contribution in [0, 0.1) is 23.0 Å². The number of nitriles is 1. The highest BCUT2D eigenvalue weighted by molar-refractivity contribution is 9.10. The summed E-state index contributed by atoms with van der Waals surface area (Å²) in [6.07, 6.45) is 0. The van der Waals surface area contributed by atoms with Crippen LogP contribution in [0.25, 0.3) is 0 Å². The summed E-state index contributed by atoms with van der Waals surface area (Å²) in [6.45, 7) is 0. The Labute approximate surface area is 121 Å². The molecule has 19 heavy (non-hydrogen) atoms. The second-order valence-electron chi connectivity index (χ2n) is 3.55. The lowest BCUT2D eigenvalue weighted by atomic mass is 10.2. The molecule has 7 heteroatoms. The smallest absolute Gasteiger partial charge is 0.148 e. The zero-order valence-corrected chi connectivity index (χ0v) is 11.6. The molecule has 3 nitrogen and oxygen atoms in total. The fourth-order valence-corrected chi connectivity index (χ4v) is 1.91. The Morgan fingerprint density at radius 1 is 1.21 bits per heavy atom. The van der Waals surface area contributed by atoms with E-state index in [2.05, 4.69) is 26.2 Å². The molecule has 0 saturated carbocycles. The maximum atomic E-state index is 13.6. The topological polar surface area (TPSA) is 48.7 Å². The van der Waals surface area contributed by atoms with Gasteiger partial charge in [-0.3, -0.25) is 0 Å². The molecule has 0 aliphatic heterocycles. The number of aromatic nitrogens is 1. The Kier molecular flexibility index (Phi) is 3.98. The second kappa shape index (κ2) is 5.51. The van der Waals surface area contributed by atoms with Crippen molar-refractivity contribution >= 4 is 39.0 Å². The minimum Gasteiger partial charge on any atom is -0.338 e. The van der Waals surface area contributed by atoms with Gasteiger partial charge in [0, 0.05) is 6.07 Å². The lowest BCUT2D eigenvalue weighted by Gasteiger charge is -2.08. The summed E-state index contributed by atoms with van der Waals surface area (Å²) >= 11 is 8.59. The van der Waals surface area contributed by atoms with E-state index in [0.29, 0.717) is 0 Å². The quantitative estimate of drug-likeness (QED) is 0.649. The van der Waals surface area contributed by atoms with E-state index in [4.69, 9.17) is 16.9 Å². The third-order valence-corrected chi connectivity index (χ3v) is 3.00. The molecule has 0 amide bonds. The summed E-state index contributed by atoms with van der Waals surface area (Å²) in [4.78, 5) is 3.87. The Hall–Kier alpha value is -1.71. The van der Waals surface area contributed by atoms with E-state index in [-0.39, 0.29) is 26.7 Å². The average molecular weight is 345 g/mol. The molecule has 0 fully saturated rings. The number of anilines is 2. The molecule has 0 radical (unpaired) electrons. The Morgan fingerprint density at radius 3 is 2.63 bits per heavy atom. The maximum Gasteiger partial charge on any atom is 0.148 e. The first-order valence-electron chi connectivity index (χ1n) is 4.99. The predicted octanol–water partition coefficient (Wildman–Crippen LogP) is 4.39. The lowest BCUT2D eigenvalue weighted by Crippen LogP contribution is -1.98. The van der Waals surface area contributed by atoms with Crippen molar-refractivity contribution in [2.45, 2.75) is 0 Å². The third kappa shape index (κ3) is 3.19. The van der Waals surface area contributed by atoms with E-state index in [1.165, 1.54) is 12.1 Å². The Balaban J connectivity index is 2.39. The molecule has 2 rings (SSSR count). The minimum absolute atomic E-state index is 0.0207. The lowest BCUT2D eigenvalue weighted by molar-refractivity contribution is 0.598. The molecule has 96 valence electrons. The molecule has 0 atom stereocenters. The molecule has 0 spiro atoms. The number of hydrogen-bond donors (Lipinski definition) is 1. The summed E-state index contributed by atoms with van der Waals surface area (Å²) in [5.74, 6) is -1.12. The molecule has 0 bridgehead atoms. The molecule has 1 aromatic carbocycles. The molecule has 1 N–H and O–H groups in total. The number of nitrogens with zero attached hydrogens (tertiary/aromatic N) is 2. The molecule has 2 aromatic rings. The summed E-state index contributed by atoms with van der Waals surface area (Å²) in [5, 5.41) is 11.4. The highest BCUT2D eigenvalue weighted by Gasteiger charge is 2.10. The molecule has 0 unspecified atom stereocenters. The second-order valence-corrected chi connectivity index (χ2v) is 4.79. The van der Waals surface area contributed by atoms with Gasteiger partial charge < -0.3 is 5.32 Å². The van der Waals surface area contributed by atoms with Crippen molar-refractivity contribution in [3.05, 3.63) is 51.1 Å². The monoisotopic (exact) mass is 343 g/mol. The number of pyridine rings is 1. The van der Waals surface area contributed by atoms with Gasteiger partial charge in [-0.05, 0) is 34.1 Å². The highest BCUT2D eigenvalue weighted by atomic mass is 79.9. The van der Waals surface area contributed by atoms with E-state index in [1.807, 2.05) is 6.07 Å². The summed E-state index contributed by atoms with van der Waals surface area (Å²) in [6, 6.07) is 6.61. The molecular formula is C12H5BrClF2N3. The van der Waals surface area contributed by atoms with Crippen LogP contribution >= 0.6 is 27.5 Å². The summed E-state index contributed by atoms with van der Waals surface area (Å²) < 4.78 is 27.0. The first-order chi connectivity index (χ1) is 8.99. The van der Waals surface area contributed by atoms with Crippen LogP contribution in [0.2, 0.25) is 5.15 Å². The molecule has 1 heterocycles. The number of hydrogen-bond acceptors (Lipinski definition) is 3. The van der Waals surface area contributed by atoms with Crippen LogP contribution in [0.1, 0.15) is 5.56 Å². The van der Waals surface area contributed by atoms with Gasteiger partial charge in [0.05, 0.1) is 21.8 Å². The fraction of sp³-hybridized carbons (Fsp3) is 0. The van der Waals surface area contributed by atoms with Gasteiger partial charge in [-0.2, -0.15) is 5.26 Å².